The van der Waals surface area contributed by atoms with Crippen molar-refractivity contribution in [3.8, 4) is 11.7 Å². The summed E-state index contributed by atoms with van der Waals surface area (Å²) in [7, 11) is 0. The molecule has 0 spiro atoms. The van der Waals surface area contributed by atoms with E-state index in [1.165, 1.54) is 4.68 Å². The Bertz CT molecular complexity index is 484. The van der Waals surface area contributed by atoms with Gasteiger partial charge in [0, 0.05) is 18.5 Å². The Balaban J connectivity index is 2.37. The van der Waals surface area contributed by atoms with Gasteiger partial charge in [-0.1, -0.05) is 11.6 Å². The molecule has 0 aliphatic rings. The maximum absolute atomic E-state index is 10.1. The number of hydrogen-bond donors (Lipinski definition) is 0. The molecule has 0 radical (unpaired) electrons. The molecule has 15 heavy (non-hydrogen) atoms. The first kappa shape index (κ1) is 9.67. The van der Waals surface area contributed by atoms with Crippen molar-refractivity contribution in [3.63, 3.8) is 0 Å². The molecule has 0 unspecified atom stereocenters. The van der Waals surface area contributed by atoms with Crippen LogP contribution in [0, 0.1) is 0 Å². The Morgan fingerprint density at radius 1 is 1.47 bits per heavy atom. The van der Waals surface area contributed by atoms with Crippen LogP contribution in [0.4, 0.5) is 0 Å². The summed E-state index contributed by atoms with van der Waals surface area (Å²) in [5.41, 5.74) is 0. The van der Waals surface area contributed by atoms with Gasteiger partial charge in [-0.25, -0.2) is 9.67 Å². The summed E-state index contributed by atoms with van der Waals surface area (Å²) in [4.78, 5) is 14.1. The van der Waals surface area contributed by atoms with E-state index in [9.17, 15) is 4.79 Å². The minimum absolute atomic E-state index is 0.201. The molecule has 2 rings (SSSR count). The van der Waals surface area contributed by atoms with E-state index in [0.29, 0.717) is 17.3 Å². The molecule has 5 nitrogen and oxygen atoms in total. The first-order valence-electron chi connectivity index (χ1n) is 4.08. The Kier molecular flexibility index (Phi) is 2.64. The third-order valence-corrected chi connectivity index (χ3v) is 1.98. The summed E-state index contributed by atoms with van der Waals surface area (Å²) in [5, 5.41) is 4.42. The van der Waals surface area contributed by atoms with E-state index in [4.69, 9.17) is 11.6 Å². The van der Waals surface area contributed by atoms with Gasteiger partial charge in [0.2, 0.25) is 5.88 Å². The number of aromatic nitrogens is 3. The zero-order valence-electron chi connectivity index (χ0n) is 7.50. The predicted octanol–water partition coefficient (Wildman–Crippen LogP) is 1.46. The maximum atomic E-state index is 10.1. The van der Waals surface area contributed by atoms with Crippen molar-refractivity contribution in [3.05, 3.63) is 35.6 Å². The molecule has 0 aliphatic carbocycles. The van der Waals surface area contributed by atoms with E-state index in [0.717, 1.165) is 0 Å². The van der Waals surface area contributed by atoms with Gasteiger partial charge >= 0.3 is 0 Å². The fraction of sp³-hybridized carbons (Fsp3) is 0. The molecular formula is C9H6ClN3O2. The van der Waals surface area contributed by atoms with Crippen molar-refractivity contribution < 1.29 is 9.53 Å². The molecule has 2 aromatic rings. The highest BCUT2D eigenvalue weighted by molar-refractivity contribution is 6.32. The second-order valence-corrected chi connectivity index (χ2v) is 3.03. The third kappa shape index (κ3) is 1.97. The average Bonchev–Trinajstić information content (AvgIpc) is 2.68. The van der Waals surface area contributed by atoms with E-state index in [-0.39, 0.29) is 5.88 Å². The molecule has 76 valence electrons. The quantitative estimate of drug-likeness (QED) is 0.740. The second kappa shape index (κ2) is 4.10. The number of carbonyl (C=O) groups excluding carboxylic acids is 1. The van der Waals surface area contributed by atoms with E-state index in [1.54, 1.807) is 30.6 Å². The Labute approximate surface area is 90.3 Å². The number of hydrogen-bond acceptors (Lipinski definition) is 4. The van der Waals surface area contributed by atoms with Crippen LogP contribution in [0.25, 0.3) is 5.82 Å². The number of rotatable bonds is 3. The van der Waals surface area contributed by atoms with Crippen molar-refractivity contribution >= 4 is 18.1 Å². The lowest BCUT2D eigenvalue weighted by Crippen LogP contribution is -1.99. The summed E-state index contributed by atoms with van der Waals surface area (Å²) in [6.45, 7) is 0.312. The minimum Gasteiger partial charge on any atom is -0.408 e. The van der Waals surface area contributed by atoms with Crippen LogP contribution in [-0.4, -0.2) is 21.2 Å². The Morgan fingerprint density at radius 3 is 3.07 bits per heavy atom. The zero-order chi connectivity index (χ0) is 10.7. The van der Waals surface area contributed by atoms with Crippen LogP contribution in [0.5, 0.6) is 5.88 Å². The topological polar surface area (TPSA) is 57.0 Å². The number of pyridine rings is 1. The van der Waals surface area contributed by atoms with Crippen LogP contribution in [0.3, 0.4) is 0 Å². The van der Waals surface area contributed by atoms with Gasteiger partial charge in [0.25, 0.3) is 6.47 Å². The molecule has 6 heteroatoms. The summed E-state index contributed by atoms with van der Waals surface area (Å²) >= 11 is 5.91. The van der Waals surface area contributed by atoms with E-state index in [1.807, 2.05) is 0 Å². The van der Waals surface area contributed by atoms with Crippen LogP contribution in [-0.2, 0) is 4.79 Å². The minimum atomic E-state index is 0.201. The van der Waals surface area contributed by atoms with E-state index in [2.05, 4.69) is 14.8 Å². The zero-order valence-corrected chi connectivity index (χ0v) is 8.26. The van der Waals surface area contributed by atoms with Crippen molar-refractivity contribution in [1.82, 2.24) is 14.8 Å². The predicted molar refractivity (Wildman–Crippen MR) is 53.1 cm³/mol. The number of halogens is 1. The standard InChI is InChI=1S/C9H6ClN3O2/c10-7-2-1-4-11-9(7)13-5-3-8(12-13)15-6-14/h1-6H. The largest absolute Gasteiger partial charge is 0.408 e. The summed E-state index contributed by atoms with van der Waals surface area (Å²) in [5.74, 6) is 0.687. The van der Waals surface area contributed by atoms with Crippen LogP contribution in [0.1, 0.15) is 0 Å². The lowest BCUT2D eigenvalue weighted by atomic mass is 10.4. The van der Waals surface area contributed by atoms with Crippen molar-refractivity contribution in [2.24, 2.45) is 0 Å². The molecule has 0 saturated heterocycles. The third-order valence-electron chi connectivity index (χ3n) is 1.69. The van der Waals surface area contributed by atoms with Crippen LogP contribution < -0.4 is 4.74 Å². The fourth-order valence-electron chi connectivity index (χ4n) is 1.08. The van der Waals surface area contributed by atoms with Gasteiger partial charge in [0.15, 0.2) is 5.82 Å². The highest BCUT2D eigenvalue weighted by Gasteiger charge is 2.05. The fourth-order valence-corrected chi connectivity index (χ4v) is 1.29. The number of carbonyl (C=O) groups is 1. The molecule has 0 aliphatic heterocycles. The molecular weight excluding hydrogens is 218 g/mol. The molecule has 0 N–H and O–H groups in total. The maximum Gasteiger partial charge on any atom is 0.299 e. The number of nitrogens with zero attached hydrogens (tertiary/aromatic N) is 3. The summed E-state index contributed by atoms with van der Waals surface area (Å²) in [6, 6.07) is 4.96. The molecule has 0 atom stereocenters. The van der Waals surface area contributed by atoms with Crippen LogP contribution >= 0.6 is 11.6 Å². The Morgan fingerprint density at radius 2 is 2.33 bits per heavy atom. The van der Waals surface area contributed by atoms with Gasteiger partial charge in [-0.3, -0.25) is 4.79 Å². The van der Waals surface area contributed by atoms with Crippen molar-refractivity contribution in [1.29, 1.82) is 0 Å². The normalized spacial score (nSPS) is 9.93. The smallest absolute Gasteiger partial charge is 0.299 e. The molecule has 0 amide bonds. The van der Waals surface area contributed by atoms with Gasteiger partial charge in [-0.15, -0.1) is 5.10 Å². The molecule has 0 saturated carbocycles. The molecule has 0 aromatic carbocycles. The van der Waals surface area contributed by atoms with E-state index >= 15 is 0 Å². The molecule has 2 aromatic heterocycles. The Hall–Kier alpha value is -1.88. The van der Waals surface area contributed by atoms with Gasteiger partial charge in [-0.2, -0.15) is 0 Å². The monoisotopic (exact) mass is 223 g/mol. The van der Waals surface area contributed by atoms with Gasteiger partial charge < -0.3 is 4.74 Å². The van der Waals surface area contributed by atoms with E-state index < -0.39 is 0 Å². The lowest BCUT2D eigenvalue weighted by molar-refractivity contribution is -0.120. The molecule has 2 heterocycles. The van der Waals surface area contributed by atoms with Crippen molar-refractivity contribution in [2.45, 2.75) is 0 Å². The molecule has 0 fully saturated rings. The number of ether oxygens (including phenoxy) is 1. The highest BCUT2D eigenvalue weighted by atomic mass is 35.5. The van der Waals surface area contributed by atoms with Gasteiger partial charge in [0.05, 0.1) is 5.02 Å². The summed E-state index contributed by atoms with van der Waals surface area (Å²) in [6.07, 6.45) is 3.20. The summed E-state index contributed by atoms with van der Waals surface area (Å²) < 4.78 is 6.00. The van der Waals surface area contributed by atoms with Crippen LogP contribution in [0.15, 0.2) is 30.6 Å². The van der Waals surface area contributed by atoms with Gasteiger partial charge in [0.1, 0.15) is 0 Å². The first-order valence-corrected chi connectivity index (χ1v) is 4.46. The van der Waals surface area contributed by atoms with Crippen LogP contribution in [0.2, 0.25) is 5.02 Å². The van der Waals surface area contributed by atoms with Crippen molar-refractivity contribution in [2.75, 3.05) is 0 Å². The molecule has 0 bridgehead atoms. The SMILES string of the molecule is O=COc1ccn(-c2ncccc2Cl)n1. The second-order valence-electron chi connectivity index (χ2n) is 2.62. The average molecular weight is 224 g/mol. The highest BCUT2D eigenvalue weighted by Crippen LogP contribution is 2.17. The lowest BCUT2D eigenvalue weighted by Gasteiger charge is -2.00. The first-order chi connectivity index (χ1) is 7.31. The van der Waals surface area contributed by atoms with Gasteiger partial charge in [-0.05, 0) is 12.1 Å².